The minimum Gasteiger partial charge on any atom is -0.394 e. The summed E-state index contributed by atoms with van der Waals surface area (Å²) in [7, 11) is 0. The van der Waals surface area contributed by atoms with E-state index in [1.165, 1.54) is 0 Å². The molecule has 1 rings (SSSR count). The van der Waals surface area contributed by atoms with E-state index in [9.17, 15) is 4.79 Å². The van der Waals surface area contributed by atoms with Crippen LogP contribution in [0, 0.1) is 5.92 Å². The quantitative estimate of drug-likeness (QED) is 0.500. The summed E-state index contributed by atoms with van der Waals surface area (Å²) in [5, 5.41) is 12.1. The molecule has 0 aliphatic carbocycles. The standard InChI is InChI=1S/C12H24N2O3/c1-11(2)7-9(8-12(3,4)14-11)10(16)13-17-6-5-15/h9,14-15H,5-8H2,1-4H3,(H,13,16). The van der Waals surface area contributed by atoms with E-state index in [1.54, 1.807) is 0 Å². The molecule has 0 aromatic heterocycles. The van der Waals surface area contributed by atoms with Crippen LogP contribution in [0.2, 0.25) is 0 Å². The normalized spacial score (nSPS) is 23.4. The van der Waals surface area contributed by atoms with E-state index in [0.29, 0.717) is 0 Å². The fraction of sp³-hybridized carbons (Fsp3) is 0.917. The summed E-state index contributed by atoms with van der Waals surface area (Å²) in [6.07, 6.45) is 1.56. The summed E-state index contributed by atoms with van der Waals surface area (Å²) < 4.78 is 0. The number of hydroxylamine groups is 1. The first kappa shape index (κ1) is 14.4. The number of aliphatic hydroxyl groups is 1. The van der Waals surface area contributed by atoms with Crippen LogP contribution in [0.25, 0.3) is 0 Å². The molecule has 0 aromatic rings. The Kier molecular flexibility index (Phi) is 4.52. The van der Waals surface area contributed by atoms with Gasteiger partial charge in [-0.2, -0.15) is 0 Å². The van der Waals surface area contributed by atoms with Gasteiger partial charge in [0.15, 0.2) is 0 Å². The summed E-state index contributed by atoms with van der Waals surface area (Å²) in [6.45, 7) is 8.43. The van der Waals surface area contributed by atoms with E-state index < -0.39 is 0 Å². The van der Waals surface area contributed by atoms with Gasteiger partial charge in [0.25, 0.3) is 0 Å². The number of carbonyl (C=O) groups is 1. The predicted molar refractivity (Wildman–Crippen MR) is 65.2 cm³/mol. The van der Waals surface area contributed by atoms with E-state index >= 15 is 0 Å². The van der Waals surface area contributed by atoms with E-state index in [2.05, 4.69) is 38.5 Å². The number of aliphatic hydroxyl groups excluding tert-OH is 1. The maximum Gasteiger partial charge on any atom is 0.246 e. The minimum atomic E-state index is -0.0962. The number of rotatable bonds is 4. The van der Waals surface area contributed by atoms with Crippen molar-refractivity contribution in [2.75, 3.05) is 13.2 Å². The molecule has 1 aliphatic heterocycles. The van der Waals surface area contributed by atoms with Gasteiger partial charge in [-0.3, -0.25) is 9.63 Å². The molecule has 0 bridgehead atoms. The van der Waals surface area contributed by atoms with Gasteiger partial charge in [-0.05, 0) is 40.5 Å². The summed E-state index contributed by atoms with van der Waals surface area (Å²) in [4.78, 5) is 16.8. The first-order valence-corrected chi connectivity index (χ1v) is 6.08. The van der Waals surface area contributed by atoms with Crippen LogP contribution < -0.4 is 10.8 Å². The molecule has 0 saturated carbocycles. The van der Waals surface area contributed by atoms with Crippen molar-refractivity contribution in [1.29, 1.82) is 0 Å². The number of carbonyl (C=O) groups excluding carboxylic acids is 1. The van der Waals surface area contributed by atoms with Gasteiger partial charge < -0.3 is 10.4 Å². The predicted octanol–water partition coefficient (Wildman–Crippen LogP) is 0.583. The lowest BCUT2D eigenvalue weighted by atomic mass is 9.75. The third kappa shape index (κ3) is 4.61. The van der Waals surface area contributed by atoms with Gasteiger partial charge in [0.05, 0.1) is 13.2 Å². The lowest BCUT2D eigenvalue weighted by molar-refractivity contribution is -0.141. The highest BCUT2D eigenvalue weighted by Gasteiger charge is 2.40. The fourth-order valence-electron chi connectivity index (χ4n) is 2.76. The monoisotopic (exact) mass is 244 g/mol. The smallest absolute Gasteiger partial charge is 0.246 e. The molecule has 1 aliphatic rings. The molecule has 1 heterocycles. The Hall–Kier alpha value is -0.650. The Labute approximate surface area is 103 Å². The summed E-state index contributed by atoms with van der Waals surface area (Å²) in [5.74, 6) is -0.152. The lowest BCUT2D eigenvalue weighted by Crippen LogP contribution is -2.59. The average molecular weight is 244 g/mol. The van der Waals surface area contributed by atoms with Gasteiger partial charge in [-0.15, -0.1) is 0 Å². The Morgan fingerprint density at radius 3 is 2.35 bits per heavy atom. The molecule has 1 amide bonds. The van der Waals surface area contributed by atoms with Crippen molar-refractivity contribution in [3.8, 4) is 0 Å². The van der Waals surface area contributed by atoms with Crippen molar-refractivity contribution < 1.29 is 14.7 Å². The first-order valence-electron chi connectivity index (χ1n) is 6.08. The van der Waals surface area contributed by atoms with E-state index in [4.69, 9.17) is 9.94 Å². The number of hydrogen-bond donors (Lipinski definition) is 3. The van der Waals surface area contributed by atoms with Crippen molar-refractivity contribution >= 4 is 5.91 Å². The van der Waals surface area contributed by atoms with Crippen LogP contribution in [0.3, 0.4) is 0 Å². The highest BCUT2D eigenvalue weighted by Crippen LogP contribution is 2.32. The molecule has 1 saturated heterocycles. The summed E-state index contributed by atoms with van der Waals surface area (Å²) >= 11 is 0. The van der Waals surface area contributed by atoms with E-state index in [0.717, 1.165) is 12.8 Å². The van der Waals surface area contributed by atoms with Crippen LogP contribution in [-0.4, -0.2) is 35.3 Å². The van der Waals surface area contributed by atoms with Crippen LogP contribution in [0.1, 0.15) is 40.5 Å². The lowest BCUT2D eigenvalue weighted by Gasteiger charge is -2.45. The maximum absolute atomic E-state index is 11.9. The van der Waals surface area contributed by atoms with Gasteiger partial charge >= 0.3 is 0 Å². The third-order valence-electron chi connectivity index (χ3n) is 2.93. The van der Waals surface area contributed by atoms with Crippen LogP contribution >= 0.6 is 0 Å². The number of hydrogen-bond acceptors (Lipinski definition) is 4. The molecule has 5 nitrogen and oxygen atoms in total. The number of amides is 1. The number of piperidine rings is 1. The molecule has 0 aromatic carbocycles. The van der Waals surface area contributed by atoms with Crippen molar-refractivity contribution in [3.05, 3.63) is 0 Å². The van der Waals surface area contributed by atoms with Gasteiger partial charge in [-0.25, -0.2) is 5.48 Å². The topological polar surface area (TPSA) is 70.6 Å². The molecule has 0 radical (unpaired) electrons. The number of nitrogens with one attached hydrogen (secondary N) is 2. The Morgan fingerprint density at radius 1 is 1.35 bits per heavy atom. The van der Waals surface area contributed by atoms with Gasteiger partial charge in [0, 0.05) is 17.0 Å². The van der Waals surface area contributed by atoms with Gasteiger partial charge in [-0.1, -0.05) is 0 Å². The molecular weight excluding hydrogens is 220 g/mol. The highest BCUT2D eigenvalue weighted by atomic mass is 16.7. The van der Waals surface area contributed by atoms with E-state index in [-0.39, 0.29) is 36.1 Å². The highest BCUT2D eigenvalue weighted by molar-refractivity contribution is 5.78. The Balaban J connectivity index is 2.55. The van der Waals surface area contributed by atoms with Crippen molar-refractivity contribution in [1.82, 2.24) is 10.8 Å². The van der Waals surface area contributed by atoms with Crippen molar-refractivity contribution in [2.45, 2.75) is 51.6 Å². The van der Waals surface area contributed by atoms with Gasteiger partial charge in [0.1, 0.15) is 0 Å². The zero-order valence-corrected chi connectivity index (χ0v) is 11.2. The third-order valence-corrected chi connectivity index (χ3v) is 2.93. The Morgan fingerprint density at radius 2 is 1.88 bits per heavy atom. The largest absolute Gasteiger partial charge is 0.394 e. The molecule has 0 unspecified atom stereocenters. The molecular formula is C12H24N2O3. The second-order valence-corrected chi connectivity index (χ2v) is 6.04. The summed E-state index contributed by atoms with van der Waals surface area (Å²) in [6, 6.07) is 0. The summed E-state index contributed by atoms with van der Waals surface area (Å²) in [5.41, 5.74) is 2.29. The molecule has 5 heteroatoms. The molecule has 3 N–H and O–H groups in total. The van der Waals surface area contributed by atoms with Crippen LogP contribution in [-0.2, 0) is 9.63 Å². The second kappa shape index (κ2) is 5.33. The average Bonchev–Trinajstić information content (AvgIpc) is 2.13. The molecule has 100 valence electrons. The zero-order chi connectivity index (χ0) is 13.1. The maximum atomic E-state index is 11.9. The van der Waals surface area contributed by atoms with Gasteiger partial charge in [0.2, 0.25) is 5.91 Å². The second-order valence-electron chi connectivity index (χ2n) is 6.04. The Bertz CT molecular complexity index is 261. The van der Waals surface area contributed by atoms with Crippen molar-refractivity contribution in [3.63, 3.8) is 0 Å². The molecule has 17 heavy (non-hydrogen) atoms. The zero-order valence-electron chi connectivity index (χ0n) is 11.2. The van der Waals surface area contributed by atoms with Crippen LogP contribution in [0.4, 0.5) is 0 Å². The van der Waals surface area contributed by atoms with Crippen molar-refractivity contribution in [2.24, 2.45) is 5.92 Å². The van der Waals surface area contributed by atoms with Crippen LogP contribution in [0.15, 0.2) is 0 Å². The SMILES string of the molecule is CC1(C)CC(C(=O)NOCCO)CC(C)(C)N1. The first-order chi connectivity index (χ1) is 7.76. The minimum absolute atomic E-state index is 0.0548. The van der Waals surface area contributed by atoms with E-state index in [1.807, 2.05) is 0 Å². The van der Waals surface area contributed by atoms with Crippen LogP contribution in [0.5, 0.6) is 0 Å². The molecule has 0 spiro atoms. The molecule has 0 atom stereocenters. The molecule has 1 fully saturated rings. The fourth-order valence-corrected chi connectivity index (χ4v) is 2.76.